The number of aromatic nitrogens is 1. The second-order valence-electron chi connectivity index (χ2n) is 14.9. The maximum Gasteiger partial charge on any atom is 0.387 e. The van der Waals surface area contributed by atoms with Crippen LogP contribution in [-0.4, -0.2) is 54.8 Å². The second-order valence-corrected chi connectivity index (χ2v) is 15.7. The van der Waals surface area contributed by atoms with E-state index in [0.717, 1.165) is 56.7 Å². The van der Waals surface area contributed by atoms with E-state index in [9.17, 15) is 28.7 Å². The lowest BCUT2D eigenvalue weighted by atomic mass is 9.65. The van der Waals surface area contributed by atoms with Gasteiger partial charge in [0.2, 0.25) is 0 Å². The molecule has 2 bridgehead atoms. The van der Waals surface area contributed by atoms with Gasteiger partial charge in [-0.1, -0.05) is 83.9 Å². The Morgan fingerprint density at radius 3 is 2.30 bits per heavy atom. The van der Waals surface area contributed by atoms with Crippen LogP contribution in [0.25, 0.3) is 0 Å². The van der Waals surface area contributed by atoms with Gasteiger partial charge in [-0.3, -0.25) is 10.1 Å². The predicted octanol–water partition coefficient (Wildman–Crippen LogP) is 7.50. The lowest BCUT2D eigenvalue weighted by Gasteiger charge is -2.51. The highest BCUT2D eigenvalue weighted by molar-refractivity contribution is 6.35. The number of ether oxygens (including phenoxy) is 3. The summed E-state index contributed by atoms with van der Waals surface area (Å²) in [7, 11) is 0. The normalized spacial score (nSPS) is 20.6. The Morgan fingerprint density at radius 1 is 0.946 bits per heavy atom. The topological polar surface area (TPSA) is 124 Å². The molecule has 3 aliphatic heterocycles. The molecule has 0 radical (unpaired) electrons. The Balaban J connectivity index is 1.12. The molecule has 1 aromatic heterocycles. The highest BCUT2D eigenvalue weighted by Gasteiger charge is 2.53. The fourth-order valence-corrected chi connectivity index (χ4v) is 8.68. The number of piperidine rings is 3. The number of carboxylic acid groups (broad SMARTS) is 1. The van der Waals surface area contributed by atoms with E-state index in [1.165, 1.54) is 18.2 Å². The molecule has 3 aromatic carbocycles. The Hall–Kier alpha value is -4.49. The number of carboxylic acids is 1. The van der Waals surface area contributed by atoms with Gasteiger partial charge in [0.25, 0.3) is 0 Å². The molecule has 4 aliphatic rings. The van der Waals surface area contributed by atoms with Crippen molar-refractivity contribution >= 4 is 35.1 Å². The Kier molecular flexibility index (Phi) is 12.3. The average Bonchev–Trinajstić information content (AvgIpc) is 4.01. The first-order valence-electron chi connectivity index (χ1n) is 18.8. The number of carbonyl (C=O) groups is 2. The number of halogens is 4. The van der Waals surface area contributed by atoms with Crippen LogP contribution < -0.4 is 19.5 Å². The van der Waals surface area contributed by atoms with Crippen molar-refractivity contribution in [2.24, 2.45) is 17.8 Å². The molecule has 56 heavy (non-hydrogen) atoms. The number of fused-ring (bicyclic) bond motifs is 3. The number of pyridine rings is 1. The van der Waals surface area contributed by atoms with Crippen molar-refractivity contribution in [1.82, 2.24) is 10.2 Å². The number of benzene rings is 3. The molecule has 14 heteroatoms. The summed E-state index contributed by atoms with van der Waals surface area (Å²) in [4.78, 5) is 29.4. The first-order chi connectivity index (χ1) is 27.0. The van der Waals surface area contributed by atoms with Gasteiger partial charge in [-0.05, 0) is 85.0 Å². The van der Waals surface area contributed by atoms with Crippen LogP contribution in [-0.2, 0) is 39.3 Å². The van der Waals surface area contributed by atoms with Gasteiger partial charge in [0, 0.05) is 31.0 Å². The number of nitrogens with zero attached hydrogens (tertiary/aromatic N) is 2. The maximum absolute atomic E-state index is 13.7. The van der Waals surface area contributed by atoms with Crippen LogP contribution in [0.2, 0.25) is 10.0 Å². The summed E-state index contributed by atoms with van der Waals surface area (Å²) in [5, 5.41) is 26.5. The van der Waals surface area contributed by atoms with Gasteiger partial charge in [0.15, 0.2) is 23.9 Å². The van der Waals surface area contributed by atoms with E-state index in [0.29, 0.717) is 46.1 Å². The van der Waals surface area contributed by atoms with Gasteiger partial charge in [-0.15, -0.1) is 0 Å². The van der Waals surface area contributed by atoms with Gasteiger partial charge >= 0.3 is 18.6 Å². The monoisotopic (exact) mass is 809 g/mol. The van der Waals surface area contributed by atoms with Crippen LogP contribution in [0, 0.1) is 23.0 Å². The number of aliphatic carboxylic acids is 1. The van der Waals surface area contributed by atoms with E-state index in [1.807, 2.05) is 48.5 Å². The van der Waals surface area contributed by atoms with Crippen LogP contribution in [0.1, 0.15) is 59.6 Å². The average molecular weight is 811 g/mol. The molecule has 1 unspecified atom stereocenters. The SMILES string of the molecule is O=C(Cc1cccc(CNC(C(=O)O)(c2ccccc2)[C@H]2CN3CCC2CC3)c1)O[C@@H](Cc1c(Cl)c[n+]([O-])cc1Cl)c1ccc(OC(F)F)c(OCC2CC2)c1. The lowest BCUT2D eigenvalue weighted by Crippen LogP contribution is -2.63. The fraction of sp³-hybridized carbons (Fsp3) is 0.405. The zero-order chi connectivity index (χ0) is 39.4. The summed E-state index contributed by atoms with van der Waals surface area (Å²) >= 11 is 12.8. The van der Waals surface area contributed by atoms with E-state index in [1.54, 1.807) is 6.07 Å². The molecule has 8 rings (SSSR count). The van der Waals surface area contributed by atoms with Gasteiger partial charge in [-0.25, -0.2) is 4.79 Å². The number of rotatable bonds is 17. The first kappa shape index (κ1) is 39.7. The summed E-state index contributed by atoms with van der Waals surface area (Å²) in [6, 6.07) is 21.0. The zero-order valence-corrected chi connectivity index (χ0v) is 32.1. The van der Waals surface area contributed by atoms with Crippen LogP contribution in [0.5, 0.6) is 11.5 Å². The molecule has 4 fully saturated rings. The van der Waals surface area contributed by atoms with E-state index in [-0.39, 0.29) is 52.8 Å². The molecule has 0 spiro atoms. The van der Waals surface area contributed by atoms with Crippen LogP contribution in [0.4, 0.5) is 8.78 Å². The van der Waals surface area contributed by atoms with Crippen molar-refractivity contribution in [3.05, 3.63) is 128 Å². The van der Waals surface area contributed by atoms with Crippen molar-refractivity contribution in [1.29, 1.82) is 0 Å². The third kappa shape index (κ3) is 9.20. The largest absolute Gasteiger partial charge is 0.619 e. The second kappa shape index (κ2) is 17.3. The number of esters is 1. The molecule has 1 saturated carbocycles. The molecule has 10 nitrogen and oxygen atoms in total. The zero-order valence-electron chi connectivity index (χ0n) is 30.6. The molecule has 0 amide bonds. The van der Waals surface area contributed by atoms with Gasteiger partial charge < -0.3 is 29.4 Å². The van der Waals surface area contributed by atoms with Crippen molar-refractivity contribution in [2.75, 3.05) is 26.2 Å². The standard InChI is InChI=1S/C42H43Cl2F2N3O7/c43-34-23-49(53)24-35(44)32(34)20-37(30-11-12-36(56-41(45)46)38(19-30)54-25-26-9-10-26)55-39(50)18-27-5-4-6-28(17-27)21-47-42(40(51)52,31-7-2-1-3-8-31)33-22-48-15-13-29(33)14-16-48/h1-8,11-12,17,19,23-24,26,29,33,37,41,47H,9-10,13-16,18,20-22,25H2,(H,51,52)/t33-,37-,42?/m0/s1. The van der Waals surface area contributed by atoms with E-state index < -0.39 is 30.2 Å². The summed E-state index contributed by atoms with van der Waals surface area (Å²) in [5.41, 5.74) is 1.56. The van der Waals surface area contributed by atoms with Crippen molar-refractivity contribution < 1.29 is 42.4 Å². The highest BCUT2D eigenvalue weighted by atomic mass is 35.5. The summed E-state index contributed by atoms with van der Waals surface area (Å²) < 4.78 is 43.7. The predicted molar refractivity (Wildman–Crippen MR) is 205 cm³/mol. The summed E-state index contributed by atoms with van der Waals surface area (Å²) in [6.07, 6.45) is 4.93. The summed E-state index contributed by atoms with van der Waals surface area (Å²) in [5.74, 6) is -1.16. The third-order valence-electron chi connectivity index (χ3n) is 11.1. The van der Waals surface area contributed by atoms with Crippen molar-refractivity contribution in [3.8, 4) is 11.5 Å². The maximum atomic E-state index is 13.7. The van der Waals surface area contributed by atoms with Crippen LogP contribution in [0.15, 0.2) is 85.2 Å². The number of hydrogen-bond acceptors (Lipinski definition) is 8. The molecule has 296 valence electrons. The van der Waals surface area contributed by atoms with E-state index >= 15 is 0 Å². The molecule has 4 heterocycles. The number of carbonyl (C=O) groups excluding carboxylic acids is 1. The van der Waals surface area contributed by atoms with Gasteiger partial charge in [-0.2, -0.15) is 13.5 Å². The van der Waals surface area contributed by atoms with E-state index in [4.69, 9.17) is 37.4 Å². The van der Waals surface area contributed by atoms with Gasteiger partial charge in [0.05, 0.1) is 13.0 Å². The minimum Gasteiger partial charge on any atom is -0.619 e. The third-order valence-corrected chi connectivity index (χ3v) is 11.8. The van der Waals surface area contributed by atoms with Crippen molar-refractivity contribution in [3.63, 3.8) is 0 Å². The van der Waals surface area contributed by atoms with Gasteiger partial charge in [0.1, 0.15) is 21.7 Å². The molecular weight excluding hydrogens is 767 g/mol. The quantitative estimate of drug-likeness (QED) is 0.0634. The molecule has 1 aliphatic carbocycles. The summed E-state index contributed by atoms with van der Waals surface area (Å²) in [6.45, 7) is 0.115. The van der Waals surface area contributed by atoms with E-state index in [2.05, 4.69) is 10.2 Å². The Bertz CT molecular complexity index is 2010. The Labute approximate surface area is 333 Å². The number of hydrogen-bond donors (Lipinski definition) is 2. The highest BCUT2D eigenvalue weighted by Crippen LogP contribution is 2.44. The number of nitrogens with one attached hydrogen (secondary N) is 1. The van der Waals surface area contributed by atoms with Crippen LogP contribution >= 0.6 is 23.2 Å². The molecule has 3 atom stereocenters. The smallest absolute Gasteiger partial charge is 0.387 e. The fourth-order valence-electron chi connectivity index (χ4n) is 8.08. The Morgan fingerprint density at radius 2 is 1.66 bits per heavy atom. The molecule has 2 N–H and O–H groups in total. The minimum atomic E-state index is -3.08. The first-order valence-corrected chi connectivity index (χ1v) is 19.6. The van der Waals surface area contributed by atoms with Crippen molar-refractivity contribution in [2.45, 2.75) is 63.3 Å². The number of alkyl halides is 2. The molecule has 4 aromatic rings. The minimum absolute atomic E-state index is 0.0400. The van der Waals surface area contributed by atoms with Crippen LogP contribution in [0.3, 0.4) is 0 Å². The molecular formula is C42H43Cl2F2N3O7. The lowest BCUT2D eigenvalue weighted by molar-refractivity contribution is -0.605. The molecule has 3 saturated heterocycles.